The lowest BCUT2D eigenvalue weighted by molar-refractivity contribution is 0.669. The highest BCUT2D eigenvalue weighted by Gasteiger charge is 2.19. The molecule has 0 amide bonds. The normalized spacial score (nSPS) is 11.5. The summed E-state index contributed by atoms with van der Waals surface area (Å²) in [6, 6.07) is 38.9. The van der Waals surface area contributed by atoms with E-state index in [4.69, 9.17) is 19.4 Å². The summed E-state index contributed by atoms with van der Waals surface area (Å²) in [5, 5.41) is 5.48. The van der Waals surface area contributed by atoms with Crippen LogP contribution in [-0.2, 0) is 0 Å². The van der Waals surface area contributed by atoms with Crippen molar-refractivity contribution >= 4 is 33.3 Å². The molecule has 0 aliphatic carbocycles. The molecule has 50 heavy (non-hydrogen) atoms. The van der Waals surface area contributed by atoms with Gasteiger partial charge >= 0.3 is 0 Å². The number of nitrogens with zero attached hydrogens (tertiary/aromatic N) is 4. The number of anilines is 2. The van der Waals surface area contributed by atoms with E-state index in [0.29, 0.717) is 24.0 Å². The zero-order valence-electron chi connectivity index (χ0n) is 28.2. The number of aromatic nitrogens is 3. The van der Waals surface area contributed by atoms with Gasteiger partial charge in [-0.3, -0.25) is 0 Å². The topological polar surface area (TPSA) is 67.1 Å². The average Bonchev–Trinajstić information content (AvgIpc) is 3.55. The highest BCUT2D eigenvalue weighted by molar-refractivity contribution is 6.12. The fourth-order valence-electron chi connectivity index (χ4n) is 6.05. The molecule has 0 bridgehead atoms. The van der Waals surface area contributed by atoms with E-state index in [1.165, 1.54) is 0 Å². The number of rotatable bonds is 11. The summed E-state index contributed by atoms with van der Waals surface area (Å²) in [5.74, 6) is 1.82. The van der Waals surface area contributed by atoms with Gasteiger partial charge in [-0.1, -0.05) is 122 Å². The molecule has 244 valence electrons. The van der Waals surface area contributed by atoms with Gasteiger partial charge in [-0.2, -0.15) is 0 Å². The number of hydrogen-bond acceptors (Lipinski definition) is 6. The third-order valence-corrected chi connectivity index (χ3v) is 8.60. The molecule has 6 nitrogen and oxygen atoms in total. The third kappa shape index (κ3) is 6.47. The summed E-state index contributed by atoms with van der Waals surface area (Å²) in [4.78, 5) is 17.0. The molecule has 0 atom stereocenters. The second-order valence-corrected chi connectivity index (χ2v) is 11.9. The van der Waals surface area contributed by atoms with Crippen molar-refractivity contribution in [2.45, 2.75) is 6.92 Å². The minimum atomic E-state index is 0.587. The van der Waals surface area contributed by atoms with Crippen LogP contribution in [0, 0.1) is 0 Å². The van der Waals surface area contributed by atoms with Crippen LogP contribution in [0.15, 0.2) is 169 Å². The minimum Gasteiger partial charge on any atom is -0.456 e. The van der Waals surface area contributed by atoms with Gasteiger partial charge in [0.25, 0.3) is 0 Å². The van der Waals surface area contributed by atoms with E-state index in [1.807, 2.05) is 117 Å². The molecule has 0 saturated carbocycles. The van der Waals surface area contributed by atoms with Gasteiger partial charge < -0.3 is 14.6 Å². The zero-order valence-corrected chi connectivity index (χ0v) is 28.2. The Morgan fingerprint density at radius 1 is 0.740 bits per heavy atom. The van der Waals surface area contributed by atoms with Crippen LogP contribution < -0.4 is 10.2 Å². The number of allylic oxidation sites excluding steroid dienone is 4. The maximum absolute atomic E-state index is 6.42. The Bertz CT molecular complexity index is 2330. The Kier molecular flexibility index (Phi) is 9.16. The van der Waals surface area contributed by atoms with Crippen LogP contribution in [0.25, 0.3) is 67.2 Å². The number of likely N-dealkylation sites (N-methyl/N-ethyl adjacent to an activating group) is 1. The lowest BCUT2D eigenvalue weighted by atomic mass is 9.99. The van der Waals surface area contributed by atoms with Gasteiger partial charge in [-0.05, 0) is 54.5 Å². The molecule has 0 aliphatic heterocycles. The fourth-order valence-corrected chi connectivity index (χ4v) is 6.05. The molecule has 1 N–H and O–H groups in total. The molecule has 0 aliphatic rings. The lowest BCUT2D eigenvalue weighted by Gasteiger charge is -2.24. The molecule has 0 radical (unpaired) electrons. The summed E-state index contributed by atoms with van der Waals surface area (Å²) in [7, 11) is 2.04. The molecule has 0 spiro atoms. The third-order valence-electron chi connectivity index (χ3n) is 8.60. The molecular formula is C44H37N5O. The Morgan fingerprint density at radius 2 is 1.40 bits per heavy atom. The number of nitrogens with one attached hydrogen (secondary N) is 1. The van der Waals surface area contributed by atoms with Crippen molar-refractivity contribution in [3.8, 4) is 45.3 Å². The fraction of sp³-hybridized carbons (Fsp3) is 0.0682. The van der Waals surface area contributed by atoms with Crippen LogP contribution in [0.4, 0.5) is 11.4 Å². The highest BCUT2D eigenvalue weighted by atomic mass is 16.3. The monoisotopic (exact) mass is 651 g/mol. The largest absolute Gasteiger partial charge is 0.456 e. The number of benzene rings is 5. The summed E-state index contributed by atoms with van der Waals surface area (Å²) >= 11 is 0. The first-order chi connectivity index (χ1) is 24.5. The van der Waals surface area contributed by atoms with E-state index in [9.17, 15) is 0 Å². The molecule has 0 fully saturated rings. The molecule has 5 aromatic carbocycles. The Labute approximate surface area is 292 Å². The first-order valence-electron chi connectivity index (χ1n) is 16.6. The van der Waals surface area contributed by atoms with Crippen LogP contribution in [0.2, 0.25) is 0 Å². The smallest absolute Gasteiger partial charge is 0.164 e. The average molecular weight is 652 g/mol. The van der Waals surface area contributed by atoms with Gasteiger partial charge in [-0.15, -0.1) is 0 Å². The van der Waals surface area contributed by atoms with E-state index in [1.54, 1.807) is 6.08 Å². The van der Waals surface area contributed by atoms with Crippen LogP contribution >= 0.6 is 0 Å². The van der Waals surface area contributed by atoms with Crippen LogP contribution in [-0.4, -0.2) is 28.5 Å². The van der Waals surface area contributed by atoms with Crippen molar-refractivity contribution in [2.24, 2.45) is 0 Å². The summed E-state index contributed by atoms with van der Waals surface area (Å²) < 4.78 is 6.42. The standard InChI is InChI=1S/C44H37N5O/c1-5-7-14-27-45-37-25-23-34(29-38(37)49(4)30(3)16-6-2)33-24-26-39-36(28-33)41-35(21-15-22-40(41)50-39)44-47-42(31-17-10-8-11-18-31)46-43(48-44)32-19-12-9-13-20-32/h5-26,28-29,45H,1,3,27H2,2,4H3/b14-7+,16-6-. The van der Waals surface area contributed by atoms with E-state index in [-0.39, 0.29) is 0 Å². The summed E-state index contributed by atoms with van der Waals surface area (Å²) in [6.07, 6.45) is 9.75. The van der Waals surface area contributed by atoms with Crippen molar-refractivity contribution in [1.29, 1.82) is 0 Å². The predicted octanol–water partition coefficient (Wildman–Crippen LogP) is 11.1. The molecular weight excluding hydrogens is 615 g/mol. The summed E-state index contributed by atoms with van der Waals surface area (Å²) in [5.41, 5.74) is 9.33. The van der Waals surface area contributed by atoms with E-state index < -0.39 is 0 Å². The summed E-state index contributed by atoms with van der Waals surface area (Å²) in [6.45, 7) is 10.7. The van der Waals surface area contributed by atoms with E-state index >= 15 is 0 Å². The van der Waals surface area contributed by atoms with Crippen molar-refractivity contribution < 1.29 is 4.42 Å². The Morgan fingerprint density at radius 3 is 2.08 bits per heavy atom. The molecule has 0 unspecified atom stereocenters. The predicted molar refractivity (Wildman–Crippen MR) is 209 cm³/mol. The van der Waals surface area contributed by atoms with E-state index in [2.05, 4.69) is 59.8 Å². The van der Waals surface area contributed by atoms with Crippen molar-refractivity contribution in [1.82, 2.24) is 15.0 Å². The van der Waals surface area contributed by atoms with Crippen LogP contribution in [0.5, 0.6) is 0 Å². The first-order valence-corrected chi connectivity index (χ1v) is 16.6. The Balaban J connectivity index is 1.37. The van der Waals surface area contributed by atoms with Crippen molar-refractivity contribution in [2.75, 3.05) is 23.8 Å². The van der Waals surface area contributed by atoms with Gasteiger partial charge in [-0.25, -0.2) is 15.0 Å². The van der Waals surface area contributed by atoms with Crippen LogP contribution in [0.1, 0.15) is 6.92 Å². The van der Waals surface area contributed by atoms with Gasteiger partial charge in [0.15, 0.2) is 17.5 Å². The second kappa shape index (κ2) is 14.3. The van der Waals surface area contributed by atoms with Gasteiger partial charge in [0, 0.05) is 46.8 Å². The number of furan rings is 1. The van der Waals surface area contributed by atoms with Gasteiger partial charge in [0.05, 0.1) is 11.4 Å². The van der Waals surface area contributed by atoms with Gasteiger partial charge in [0.2, 0.25) is 0 Å². The molecule has 6 heteroatoms. The van der Waals surface area contributed by atoms with E-state index in [0.717, 1.165) is 66.8 Å². The molecule has 0 saturated heterocycles. The first kappa shape index (κ1) is 32.0. The molecule has 7 rings (SSSR count). The van der Waals surface area contributed by atoms with Crippen molar-refractivity contribution in [3.63, 3.8) is 0 Å². The number of hydrogen-bond donors (Lipinski definition) is 1. The highest BCUT2D eigenvalue weighted by Crippen LogP contribution is 2.40. The Hall–Kier alpha value is -6.53. The maximum Gasteiger partial charge on any atom is 0.164 e. The van der Waals surface area contributed by atoms with Crippen LogP contribution in [0.3, 0.4) is 0 Å². The zero-order chi connectivity index (χ0) is 34.5. The SMILES string of the molecule is C=C/C=C/CNc1ccc(-c2ccc3oc4cccc(-c5nc(-c6ccccc6)nc(-c6ccccc6)n5)c4c3c2)cc1N(C)C(=C)/C=C\C. The molecule has 2 heterocycles. The second-order valence-electron chi connectivity index (χ2n) is 11.9. The molecule has 2 aromatic heterocycles. The number of fused-ring (bicyclic) bond motifs is 3. The van der Waals surface area contributed by atoms with Crippen molar-refractivity contribution in [3.05, 3.63) is 164 Å². The molecule has 7 aromatic rings. The lowest BCUT2D eigenvalue weighted by Crippen LogP contribution is -2.16. The minimum absolute atomic E-state index is 0.587. The quantitative estimate of drug-likeness (QED) is 0.140. The van der Waals surface area contributed by atoms with Gasteiger partial charge in [0.1, 0.15) is 11.2 Å². The maximum atomic E-state index is 6.42.